The van der Waals surface area contributed by atoms with Gasteiger partial charge in [-0.3, -0.25) is 0 Å². The molecular formula is C16H25FN2. The van der Waals surface area contributed by atoms with E-state index in [1.165, 1.54) is 19.3 Å². The number of nitrogens with zero attached hydrogens (tertiary/aromatic N) is 1. The third kappa shape index (κ3) is 3.27. The van der Waals surface area contributed by atoms with Crippen molar-refractivity contribution in [2.45, 2.75) is 58.0 Å². The van der Waals surface area contributed by atoms with Crippen LogP contribution in [-0.2, 0) is 0 Å². The first kappa shape index (κ1) is 14.3. The normalized spacial score (nSPS) is 22.1. The lowest BCUT2D eigenvalue weighted by Crippen LogP contribution is -2.35. The van der Waals surface area contributed by atoms with Gasteiger partial charge in [0.15, 0.2) is 0 Å². The molecule has 2 N–H and O–H groups in total. The number of hydrogen-bond donors (Lipinski definition) is 1. The maximum atomic E-state index is 14.3. The number of benzene rings is 1. The van der Waals surface area contributed by atoms with Crippen LogP contribution in [0.15, 0.2) is 18.2 Å². The predicted octanol–water partition coefficient (Wildman–Crippen LogP) is 4.00. The van der Waals surface area contributed by atoms with Gasteiger partial charge in [-0.2, -0.15) is 0 Å². The number of rotatable bonds is 3. The van der Waals surface area contributed by atoms with Crippen LogP contribution < -0.4 is 10.6 Å². The van der Waals surface area contributed by atoms with Gasteiger partial charge in [-0.25, -0.2) is 4.39 Å². The van der Waals surface area contributed by atoms with Crippen LogP contribution in [0.1, 0.15) is 57.6 Å². The number of nitrogens with two attached hydrogens (primary N) is 1. The Balaban J connectivity index is 2.28. The highest BCUT2D eigenvalue weighted by atomic mass is 19.1. The Kier molecular flexibility index (Phi) is 4.81. The summed E-state index contributed by atoms with van der Waals surface area (Å²) in [4.78, 5) is 2.26. The second kappa shape index (κ2) is 6.38. The van der Waals surface area contributed by atoms with E-state index in [4.69, 9.17) is 5.73 Å². The zero-order valence-corrected chi connectivity index (χ0v) is 12.0. The molecule has 2 nitrogen and oxygen atoms in total. The minimum absolute atomic E-state index is 0.116. The van der Waals surface area contributed by atoms with Crippen molar-refractivity contribution in [3.63, 3.8) is 0 Å². The van der Waals surface area contributed by atoms with Crippen molar-refractivity contribution >= 4 is 5.69 Å². The number of anilines is 1. The molecule has 1 heterocycles. The molecule has 2 atom stereocenters. The molecule has 2 rings (SSSR count). The average Bonchev–Trinajstić information content (AvgIpc) is 2.63. The molecule has 1 fully saturated rings. The Hall–Kier alpha value is -1.09. The van der Waals surface area contributed by atoms with Crippen LogP contribution in [0.3, 0.4) is 0 Å². The molecule has 1 aliphatic heterocycles. The second-order valence-electron chi connectivity index (χ2n) is 5.60. The van der Waals surface area contributed by atoms with Crippen LogP contribution in [0.2, 0.25) is 0 Å². The van der Waals surface area contributed by atoms with Crippen molar-refractivity contribution in [3.05, 3.63) is 29.6 Å². The maximum Gasteiger partial charge on any atom is 0.146 e. The van der Waals surface area contributed by atoms with Crippen LogP contribution in [0.5, 0.6) is 0 Å². The zero-order valence-electron chi connectivity index (χ0n) is 12.0. The maximum absolute atomic E-state index is 14.3. The third-order valence-electron chi connectivity index (χ3n) is 4.16. The van der Waals surface area contributed by atoms with E-state index in [1.807, 2.05) is 19.1 Å². The molecule has 1 aromatic rings. The van der Waals surface area contributed by atoms with Crippen LogP contribution in [0, 0.1) is 5.82 Å². The summed E-state index contributed by atoms with van der Waals surface area (Å²) in [6.45, 7) is 5.04. The fraction of sp³-hybridized carbons (Fsp3) is 0.625. The SMILES string of the molecule is CCC1CCCCCN1c1ccc([C@@H](C)N)cc1F. The van der Waals surface area contributed by atoms with E-state index in [9.17, 15) is 4.39 Å². The molecule has 19 heavy (non-hydrogen) atoms. The van der Waals surface area contributed by atoms with E-state index in [0.717, 1.165) is 30.6 Å². The average molecular weight is 264 g/mol. The summed E-state index contributed by atoms with van der Waals surface area (Å²) in [5.41, 5.74) is 7.42. The van der Waals surface area contributed by atoms with Crippen molar-refractivity contribution in [3.8, 4) is 0 Å². The quantitative estimate of drug-likeness (QED) is 0.894. The van der Waals surface area contributed by atoms with Gasteiger partial charge in [0, 0.05) is 18.6 Å². The molecule has 0 amide bonds. The summed E-state index contributed by atoms with van der Waals surface area (Å²) in [5.74, 6) is -0.129. The highest BCUT2D eigenvalue weighted by Gasteiger charge is 2.22. The summed E-state index contributed by atoms with van der Waals surface area (Å²) >= 11 is 0. The summed E-state index contributed by atoms with van der Waals surface area (Å²) in [7, 11) is 0. The standard InChI is InChI=1S/C16H25FN2/c1-3-14-7-5-4-6-10-19(14)16-9-8-13(12(2)18)11-15(16)17/h8-9,11-12,14H,3-7,10,18H2,1-2H3/t12-,14?/m1/s1. The van der Waals surface area contributed by atoms with Crippen LogP contribution in [-0.4, -0.2) is 12.6 Å². The van der Waals surface area contributed by atoms with Crippen molar-refractivity contribution < 1.29 is 4.39 Å². The Morgan fingerprint density at radius 1 is 1.37 bits per heavy atom. The van der Waals surface area contributed by atoms with Gasteiger partial charge < -0.3 is 10.6 Å². The van der Waals surface area contributed by atoms with Crippen molar-refractivity contribution in [2.24, 2.45) is 5.73 Å². The molecule has 0 aliphatic carbocycles. The lowest BCUT2D eigenvalue weighted by atomic mass is 10.0. The Morgan fingerprint density at radius 3 is 2.79 bits per heavy atom. The van der Waals surface area contributed by atoms with Crippen molar-refractivity contribution in [1.82, 2.24) is 0 Å². The second-order valence-corrected chi connectivity index (χ2v) is 5.60. The molecule has 3 heteroatoms. The summed E-state index contributed by atoms with van der Waals surface area (Å²) in [6, 6.07) is 5.81. The van der Waals surface area contributed by atoms with E-state index in [1.54, 1.807) is 6.07 Å². The minimum Gasteiger partial charge on any atom is -0.366 e. The van der Waals surface area contributed by atoms with Gasteiger partial charge >= 0.3 is 0 Å². The van der Waals surface area contributed by atoms with E-state index < -0.39 is 0 Å². The van der Waals surface area contributed by atoms with Crippen LogP contribution in [0.25, 0.3) is 0 Å². The fourth-order valence-electron chi connectivity index (χ4n) is 2.96. The fourth-order valence-corrected chi connectivity index (χ4v) is 2.96. The summed E-state index contributed by atoms with van der Waals surface area (Å²) in [6.07, 6.45) is 5.92. The molecule has 0 saturated carbocycles. The predicted molar refractivity (Wildman–Crippen MR) is 78.9 cm³/mol. The first-order chi connectivity index (χ1) is 9.13. The Morgan fingerprint density at radius 2 is 2.16 bits per heavy atom. The topological polar surface area (TPSA) is 29.3 Å². The molecule has 1 aliphatic rings. The molecule has 106 valence electrons. The molecule has 0 aromatic heterocycles. The first-order valence-electron chi connectivity index (χ1n) is 7.45. The zero-order chi connectivity index (χ0) is 13.8. The molecular weight excluding hydrogens is 239 g/mol. The lowest BCUT2D eigenvalue weighted by Gasteiger charge is -2.32. The smallest absolute Gasteiger partial charge is 0.146 e. The van der Waals surface area contributed by atoms with Gasteiger partial charge in [-0.15, -0.1) is 0 Å². The molecule has 1 unspecified atom stereocenters. The molecule has 1 aromatic carbocycles. The van der Waals surface area contributed by atoms with E-state index >= 15 is 0 Å². The van der Waals surface area contributed by atoms with Gasteiger partial charge in [-0.05, 0) is 43.9 Å². The van der Waals surface area contributed by atoms with Crippen molar-refractivity contribution in [2.75, 3.05) is 11.4 Å². The van der Waals surface area contributed by atoms with Crippen LogP contribution in [0.4, 0.5) is 10.1 Å². The van der Waals surface area contributed by atoms with Gasteiger partial charge in [0.1, 0.15) is 5.82 Å². The van der Waals surface area contributed by atoms with E-state index in [2.05, 4.69) is 11.8 Å². The largest absolute Gasteiger partial charge is 0.366 e. The highest BCUT2D eigenvalue weighted by molar-refractivity contribution is 5.50. The Bertz CT molecular complexity index is 417. The molecule has 1 saturated heterocycles. The van der Waals surface area contributed by atoms with E-state index in [0.29, 0.717) is 6.04 Å². The van der Waals surface area contributed by atoms with Crippen LogP contribution >= 0.6 is 0 Å². The van der Waals surface area contributed by atoms with Gasteiger partial charge in [0.2, 0.25) is 0 Å². The van der Waals surface area contributed by atoms with Gasteiger partial charge in [-0.1, -0.05) is 25.8 Å². The monoisotopic (exact) mass is 264 g/mol. The van der Waals surface area contributed by atoms with Gasteiger partial charge in [0.25, 0.3) is 0 Å². The summed E-state index contributed by atoms with van der Waals surface area (Å²) < 4.78 is 14.3. The van der Waals surface area contributed by atoms with E-state index in [-0.39, 0.29) is 11.9 Å². The Labute approximate surface area is 115 Å². The first-order valence-corrected chi connectivity index (χ1v) is 7.45. The molecule has 0 radical (unpaired) electrons. The molecule has 0 spiro atoms. The van der Waals surface area contributed by atoms with Crippen molar-refractivity contribution in [1.29, 1.82) is 0 Å². The molecule has 0 bridgehead atoms. The minimum atomic E-state index is -0.129. The van der Waals surface area contributed by atoms with Gasteiger partial charge in [0.05, 0.1) is 5.69 Å². The summed E-state index contributed by atoms with van der Waals surface area (Å²) in [5, 5.41) is 0. The number of halogens is 1. The lowest BCUT2D eigenvalue weighted by molar-refractivity contribution is 0.539. The third-order valence-corrected chi connectivity index (χ3v) is 4.16. The highest BCUT2D eigenvalue weighted by Crippen LogP contribution is 2.29. The number of hydrogen-bond acceptors (Lipinski definition) is 2.